The van der Waals surface area contributed by atoms with Crippen molar-refractivity contribution in [2.24, 2.45) is 0 Å². The van der Waals surface area contributed by atoms with Crippen molar-refractivity contribution >= 4 is 28.1 Å². The number of nitro benzene ring substituents is 1. The Labute approximate surface area is 141 Å². The molecule has 1 N–H and O–H groups in total. The number of nitrogens with zero attached hydrogens (tertiary/aromatic N) is 3. The molecule has 0 aliphatic heterocycles. The summed E-state index contributed by atoms with van der Waals surface area (Å²) in [6.07, 6.45) is 3.08. The maximum absolute atomic E-state index is 12.2. The molecule has 24 heavy (non-hydrogen) atoms. The molecule has 0 fully saturated rings. The molecule has 0 aliphatic carbocycles. The first-order valence-corrected chi connectivity index (χ1v) is 7.80. The van der Waals surface area contributed by atoms with Crippen LogP contribution in [-0.2, 0) is 0 Å². The summed E-state index contributed by atoms with van der Waals surface area (Å²) >= 11 is 1.32. The van der Waals surface area contributed by atoms with Crippen LogP contribution in [0.15, 0.2) is 48.8 Å². The average molecular weight is 340 g/mol. The number of anilines is 1. The molecule has 1 amide bonds. The summed E-state index contributed by atoms with van der Waals surface area (Å²) in [5.41, 5.74) is 1.74. The smallest absolute Gasteiger partial charge is 0.270 e. The van der Waals surface area contributed by atoms with Crippen molar-refractivity contribution in [1.82, 2.24) is 9.97 Å². The molecule has 3 aromatic rings. The van der Waals surface area contributed by atoms with Crippen molar-refractivity contribution in [3.05, 3.63) is 69.3 Å². The van der Waals surface area contributed by atoms with Crippen LogP contribution in [0.3, 0.4) is 0 Å². The van der Waals surface area contributed by atoms with Gasteiger partial charge in [-0.05, 0) is 19.1 Å². The van der Waals surface area contributed by atoms with Crippen LogP contribution >= 0.6 is 11.3 Å². The van der Waals surface area contributed by atoms with E-state index in [1.165, 1.54) is 35.9 Å². The van der Waals surface area contributed by atoms with Crippen LogP contribution in [0.4, 0.5) is 10.8 Å². The molecule has 2 aromatic heterocycles. The second kappa shape index (κ2) is 6.55. The predicted molar refractivity (Wildman–Crippen MR) is 91.1 cm³/mol. The minimum Gasteiger partial charge on any atom is -0.298 e. The van der Waals surface area contributed by atoms with Crippen LogP contribution in [-0.4, -0.2) is 20.8 Å². The molecule has 2 heterocycles. The van der Waals surface area contributed by atoms with E-state index in [4.69, 9.17) is 0 Å². The summed E-state index contributed by atoms with van der Waals surface area (Å²) in [7, 11) is 0. The van der Waals surface area contributed by atoms with E-state index in [0.29, 0.717) is 22.0 Å². The monoisotopic (exact) mass is 340 g/mol. The molecular weight excluding hydrogens is 328 g/mol. The second-order valence-electron chi connectivity index (χ2n) is 4.92. The van der Waals surface area contributed by atoms with Crippen LogP contribution in [0, 0.1) is 17.0 Å². The van der Waals surface area contributed by atoms with Gasteiger partial charge < -0.3 is 0 Å². The molecular formula is C16H12N4O3S. The zero-order valence-corrected chi connectivity index (χ0v) is 13.4. The van der Waals surface area contributed by atoms with Gasteiger partial charge in [0.2, 0.25) is 0 Å². The van der Waals surface area contributed by atoms with Crippen molar-refractivity contribution < 1.29 is 9.72 Å². The van der Waals surface area contributed by atoms with Crippen molar-refractivity contribution in [2.45, 2.75) is 6.92 Å². The van der Waals surface area contributed by atoms with Crippen molar-refractivity contribution in [3.63, 3.8) is 0 Å². The van der Waals surface area contributed by atoms with Crippen molar-refractivity contribution in [3.8, 4) is 11.3 Å². The number of thiazole rings is 1. The molecule has 120 valence electrons. The van der Waals surface area contributed by atoms with Crippen LogP contribution in [0.5, 0.6) is 0 Å². The highest BCUT2D eigenvalue weighted by Gasteiger charge is 2.15. The number of nitrogens with one attached hydrogen (secondary N) is 1. The van der Waals surface area contributed by atoms with Gasteiger partial charge in [0.05, 0.1) is 10.6 Å². The number of aryl methyl sites for hydroxylation is 1. The van der Waals surface area contributed by atoms with Gasteiger partial charge in [0.25, 0.3) is 11.6 Å². The summed E-state index contributed by atoms with van der Waals surface area (Å²) in [6, 6.07) is 9.48. The highest BCUT2D eigenvalue weighted by molar-refractivity contribution is 7.16. The van der Waals surface area contributed by atoms with E-state index in [2.05, 4.69) is 15.3 Å². The maximum Gasteiger partial charge on any atom is 0.270 e. The Morgan fingerprint density at radius 2 is 2.00 bits per heavy atom. The summed E-state index contributed by atoms with van der Waals surface area (Å²) in [5.74, 6) is -0.281. The fraction of sp³-hybridized carbons (Fsp3) is 0.0625. The van der Waals surface area contributed by atoms with E-state index in [1.807, 2.05) is 6.92 Å². The Morgan fingerprint density at radius 3 is 2.71 bits per heavy atom. The van der Waals surface area contributed by atoms with Crippen molar-refractivity contribution in [2.75, 3.05) is 5.32 Å². The third-order valence-electron chi connectivity index (χ3n) is 3.29. The molecule has 0 bridgehead atoms. The predicted octanol–water partition coefficient (Wildman–Crippen LogP) is 3.67. The second-order valence-corrected chi connectivity index (χ2v) is 6.12. The SMILES string of the molecule is Cc1sc(NC(=O)c2ccncc2)nc1-c1cccc([N+](=O)[O-])c1. The van der Waals surface area contributed by atoms with Crippen LogP contribution < -0.4 is 5.32 Å². The number of carbonyl (C=O) groups is 1. The highest BCUT2D eigenvalue weighted by Crippen LogP contribution is 2.32. The Morgan fingerprint density at radius 1 is 1.25 bits per heavy atom. The molecule has 8 heteroatoms. The summed E-state index contributed by atoms with van der Waals surface area (Å²) < 4.78 is 0. The molecule has 0 saturated heterocycles. The third-order valence-corrected chi connectivity index (χ3v) is 4.18. The van der Waals surface area contributed by atoms with Gasteiger partial charge in [-0.15, -0.1) is 11.3 Å². The lowest BCUT2D eigenvalue weighted by Crippen LogP contribution is -2.11. The molecule has 7 nitrogen and oxygen atoms in total. The molecule has 0 radical (unpaired) electrons. The van der Waals surface area contributed by atoms with E-state index < -0.39 is 4.92 Å². The number of aromatic nitrogens is 2. The number of amides is 1. The lowest BCUT2D eigenvalue weighted by atomic mass is 10.1. The molecule has 0 unspecified atom stereocenters. The van der Waals surface area contributed by atoms with Crippen LogP contribution in [0.25, 0.3) is 11.3 Å². The van der Waals surface area contributed by atoms with Gasteiger partial charge in [-0.3, -0.25) is 25.2 Å². The number of hydrogen-bond donors (Lipinski definition) is 1. The number of hydrogen-bond acceptors (Lipinski definition) is 6. The topological polar surface area (TPSA) is 98.0 Å². The maximum atomic E-state index is 12.2. The zero-order valence-electron chi connectivity index (χ0n) is 12.6. The Kier molecular flexibility index (Phi) is 4.30. The normalized spacial score (nSPS) is 10.4. The molecule has 0 saturated carbocycles. The van der Waals surface area contributed by atoms with Gasteiger partial charge >= 0.3 is 0 Å². The number of benzene rings is 1. The number of carbonyl (C=O) groups excluding carboxylic acids is 1. The van der Waals surface area contributed by atoms with Gasteiger partial charge in [0.15, 0.2) is 5.13 Å². The third kappa shape index (κ3) is 3.28. The minimum absolute atomic E-state index is 0.00210. The van der Waals surface area contributed by atoms with Crippen LogP contribution in [0.1, 0.15) is 15.2 Å². The molecule has 0 atom stereocenters. The standard InChI is InChI=1S/C16H12N4O3S/c1-10-14(12-3-2-4-13(9-12)20(22)23)18-16(24-10)19-15(21)11-5-7-17-8-6-11/h2-9H,1H3,(H,18,19,21). The van der Waals surface area contributed by atoms with Gasteiger partial charge in [-0.25, -0.2) is 4.98 Å². The Hall–Kier alpha value is -3.13. The summed E-state index contributed by atoms with van der Waals surface area (Å²) in [6.45, 7) is 1.86. The molecule has 0 aliphatic rings. The average Bonchev–Trinajstić information content (AvgIpc) is 2.96. The fourth-order valence-corrected chi connectivity index (χ4v) is 2.99. The van der Waals surface area contributed by atoms with E-state index >= 15 is 0 Å². The molecule has 0 spiro atoms. The summed E-state index contributed by atoms with van der Waals surface area (Å²) in [4.78, 5) is 31.7. The highest BCUT2D eigenvalue weighted by atomic mass is 32.1. The lowest BCUT2D eigenvalue weighted by molar-refractivity contribution is -0.384. The first-order valence-electron chi connectivity index (χ1n) is 6.98. The van der Waals surface area contributed by atoms with E-state index in [9.17, 15) is 14.9 Å². The Balaban J connectivity index is 1.87. The number of non-ortho nitro benzene ring substituents is 1. The molecule has 1 aromatic carbocycles. The van der Waals surface area contributed by atoms with Gasteiger partial charge in [-0.2, -0.15) is 0 Å². The minimum atomic E-state index is -0.447. The number of nitro groups is 1. The van der Waals surface area contributed by atoms with Crippen LogP contribution in [0.2, 0.25) is 0 Å². The van der Waals surface area contributed by atoms with Gasteiger partial charge in [0.1, 0.15) is 0 Å². The first kappa shape index (κ1) is 15.8. The van der Waals surface area contributed by atoms with E-state index in [1.54, 1.807) is 24.3 Å². The largest absolute Gasteiger partial charge is 0.298 e. The van der Waals surface area contributed by atoms with Gasteiger partial charge in [-0.1, -0.05) is 12.1 Å². The quantitative estimate of drug-likeness (QED) is 0.577. The fourth-order valence-electron chi connectivity index (χ4n) is 2.16. The number of pyridine rings is 1. The molecule has 3 rings (SSSR count). The van der Waals surface area contributed by atoms with Crippen molar-refractivity contribution in [1.29, 1.82) is 0 Å². The number of rotatable bonds is 4. The van der Waals surface area contributed by atoms with E-state index in [-0.39, 0.29) is 11.6 Å². The summed E-state index contributed by atoms with van der Waals surface area (Å²) in [5, 5.41) is 14.1. The first-order chi connectivity index (χ1) is 11.5. The lowest BCUT2D eigenvalue weighted by Gasteiger charge is -2.00. The Bertz CT molecular complexity index is 909. The van der Waals surface area contributed by atoms with E-state index in [0.717, 1.165) is 4.88 Å². The zero-order chi connectivity index (χ0) is 17.1. The van der Waals surface area contributed by atoms with Gasteiger partial charge in [0, 0.05) is 40.5 Å².